The molecule has 1 aromatic carbocycles. The molecule has 0 saturated heterocycles. The minimum atomic E-state index is 0.664. The summed E-state index contributed by atoms with van der Waals surface area (Å²) in [5, 5.41) is 10.5. The average Bonchev–Trinajstić information content (AvgIpc) is 2.67. The van der Waals surface area contributed by atoms with E-state index in [0.717, 1.165) is 40.3 Å². The standard InChI is InChI=1S/C21H26N4S/c1-2-3-4-5-6-7-11-24-21(26)25-19-14-16-10-13-22-15-18(16)20-17(19)9-8-12-23-20/h8-10,12-15H,2-7,11H2,1H3,(H2,24,25,26). The highest BCUT2D eigenvalue weighted by Gasteiger charge is 2.08. The van der Waals surface area contributed by atoms with E-state index in [1.165, 1.54) is 32.1 Å². The van der Waals surface area contributed by atoms with Crippen LogP contribution < -0.4 is 10.6 Å². The van der Waals surface area contributed by atoms with Crippen LogP contribution in [0.4, 0.5) is 5.69 Å². The van der Waals surface area contributed by atoms with Gasteiger partial charge in [-0.2, -0.15) is 0 Å². The topological polar surface area (TPSA) is 49.8 Å². The van der Waals surface area contributed by atoms with E-state index >= 15 is 0 Å². The molecular formula is C21H26N4S. The summed E-state index contributed by atoms with van der Waals surface area (Å²) < 4.78 is 0. The van der Waals surface area contributed by atoms with Gasteiger partial charge in [0.15, 0.2) is 5.11 Å². The van der Waals surface area contributed by atoms with Crippen molar-refractivity contribution in [1.82, 2.24) is 15.3 Å². The number of nitrogens with zero attached hydrogens (tertiary/aromatic N) is 2. The molecule has 136 valence electrons. The number of anilines is 1. The number of hydrogen-bond donors (Lipinski definition) is 2. The van der Waals surface area contributed by atoms with E-state index < -0.39 is 0 Å². The highest BCUT2D eigenvalue weighted by Crippen LogP contribution is 2.29. The smallest absolute Gasteiger partial charge is 0.170 e. The number of rotatable bonds is 8. The highest BCUT2D eigenvalue weighted by atomic mass is 32.1. The molecule has 2 N–H and O–H groups in total. The van der Waals surface area contributed by atoms with Crippen molar-refractivity contribution in [3.63, 3.8) is 0 Å². The number of benzene rings is 1. The molecule has 3 aromatic rings. The molecule has 2 aromatic heterocycles. The molecule has 0 aliphatic heterocycles. The molecule has 0 atom stereocenters. The maximum atomic E-state index is 5.49. The Morgan fingerprint density at radius 3 is 2.77 bits per heavy atom. The monoisotopic (exact) mass is 366 g/mol. The molecule has 0 aliphatic carbocycles. The van der Waals surface area contributed by atoms with Gasteiger partial charge in [-0.05, 0) is 48.3 Å². The van der Waals surface area contributed by atoms with Crippen LogP contribution in [0.3, 0.4) is 0 Å². The Morgan fingerprint density at radius 1 is 1.04 bits per heavy atom. The second-order valence-corrected chi connectivity index (χ2v) is 6.98. The summed E-state index contributed by atoms with van der Waals surface area (Å²) in [6.07, 6.45) is 13.2. The lowest BCUT2D eigenvalue weighted by Gasteiger charge is -2.14. The van der Waals surface area contributed by atoms with E-state index in [-0.39, 0.29) is 0 Å². The van der Waals surface area contributed by atoms with Crippen LogP contribution in [0.1, 0.15) is 45.4 Å². The fraction of sp³-hybridized carbons (Fsp3) is 0.381. The SMILES string of the molecule is CCCCCCCCNC(=S)Nc1cc2ccncc2c2ncccc12. The molecular weight excluding hydrogens is 340 g/mol. The predicted octanol–water partition coefficient (Wildman–Crippen LogP) is 5.43. The Labute approximate surface area is 160 Å². The normalized spacial score (nSPS) is 11.0. The molecule has 2 heterocycles. The Hall–Kier alpha value is -2.27. The predicted molar refractivity (Wildman–Crippen MR) is 115 cm³/mol. The first kappa shape index (κ1) is 18.5. The molecule has 0 amide bonds. The van der Waals surface area contributed by atoms with Gasteiger partial charge in [0.2, 0.25) is 0 Å². The maximum absolute atomic E-state index is 5.49. The lowest BCUT2D eigenvalue weighted by molar-refractivity contribution is 0.603. The number of nitrogens with one attached hydrogen (secondary N) is 2. The van der Waals surface area contributed by atoms with E-state index in [0.29, 0.717) is 5.11 Å². The van der Waals surface area contributed by atoms with Crippen molar-refractivity contribution in [2.24, 2.45) is 0 Å². The minimum Gasteiger partial charge on any atom is -0.362 e. The zero-order valence-electron chi connectivity index (χ0n) is 15.3. The number of unbranched alkanes of at least 4 members (excludes halogenated alkanes) is 5. The summed E-state index contributed by atoms with van der Waals surface area (Å²) in [6, 6.07) is 8.12. The Morgan fingerprint density at radius 2 is 1.88 bits per heavy atom. The first-order valence-electron chi connectivity index (χ1n) is 9.46. The van der Waals surface area contributed by atoms with Crippen molar-refractivity contribution < 1.29 is 0 Å². The van der Waals surface area contributed by atoms with Gasteiger partial charge in [0, 0.05) is 35.9 Å². The van der Waals surface area contributed by atoms with Gasteiger partial charge in [-0.3, -0.25) is 9.97 Å². The molecule has 0 spiro atoms. The van der Waals surface area contributed by atoms with Crippen LogP contribution in [-0.4, -0.2) is 21.6 Å². The van der Waals surface area contributed by atoms with Gasteiger partial charge in [-0.15, -0.1) is 0 Å². The molecule has 0 radical (unpaired) electrons. The Bertz CT molecular complexity index is 878. The third-order valence-corrected chi connectivity index (χ3v) is 4.82. The van der Waals surface area contributed by atoms with Gasteiger partial charge in [0.05, 0.1) is 11.2 Å². The van der Waals surface area contributed by atoms with Crippen LogP contribution in [0.2, 0.25) is 0 Å². The van der Waals surface area contributed by atoms with Crippen molar-refractivity contribution in [1.29, 1.82) is 0 Å². The maximum Gasteiger partial charge on any atom is 0.170 e. The summed E-state index contributed by atoms with van der Waals surface area (Å²) in [5.41, 5.74) is 1.92. The number of fused-ring (bicyclic) bond motifs is 3. The fourth-order valence-electron chi connectivity index (χ4n) is 3.18. The van der Waals surface area contributed by atoms with Crippen LogP contribution in [0.15, 0.2) is 42.9 Å². The summed E-state index contributed by atoms with van der Waals surface area (Å²) in [5.74, 6) is 0. The van der Waals surface area contributed by atoms with E-state index in [1.807, 2.05) is 24.5 Å². The largest absolute Gasteiger partial charge is 0.362 e. The van der Waals surface area contributed by atoms with Crippen molar-refractivity contribution in [3.8, 4) is 0 Å². The van der Waals surface area contributed by atoms with Crippen LogP contribution in [0.25, 0.3) is 21.7 Å². The van der Waals surface area contributed by atoms with Gasteiger partial charge in [0.25, 0.3) is 0 Å². The zero-order chi connectivity index (χ0) is 18.2. The molecule has 26 heavy (non-hydrogen) atoms. The molecule has 0 unspecified atom stereocenters. The Kier molecular flexibility index (Phi) is 6.72. The first-order valence-corrected chi connectivity index (χ1v) is 9.86. The van der Waals surface area contributed by atoms with Crippen molar-refractivity contribution in [2.75, 3.05) is 11.9 Å². The highest BCUT2D eigenvalue weighted by molar-refractivity contribution is 7.80. The lowest BCUT2D eigenvalue weighted by Crippen LogP contribution is -2.29. The summed E-state index contributed by atoms with van der Waals surface area (Å²) in [6.45, 7) is 3.15. The van der Waals surface area contributed by atoms with Crippen molar-refractivity contribution in [2.45, 2.75) is 45.4 Å². The quantitative estimate of drug-likeness (QED) is 0.316. The Balaban J connectivity index is 1.63. The molecule has 0 saturated carbocycles. The fourth-order valence-corrected chi connectivity index (χ4v) is 3.39. The van der Waals surface area contributed by atoms with Crippen molar-refractivity contribution in [3.05, 3.63) is 42.9 Å². The number of hydrogen-bond acceptors (Lipinski definition) is 3. The third-order valence-electron chi connectivity index (χ3n) is 4.57. The van der Waals surface area contributed by atoms with Gasteiger partial charge in [0.1, 0.15) is 0 Å². The molecule has 0 bridgehead atoms. The molecule has 0 aliphatic rings. The van der Waals surface area contributed by atoms with Crippen LogP contribution in [0.5, 0.6) is 0 Å². The van der Waals surface area contributed by atoms with E-state index in [9.17, 15) is 0 Å². The summed E-state index contributed by atoms with van der Waals surface area (Å²) >= 11 is 5.49. The van der Waals surface area contributed by atoms with Gasteiger partial charge in [-0.25, -0.2) is 0 Å². The second kappa shape index (κ2) is 9.43. The molecule has 5 heteroatoms. The molecule has 0 fully saturated rings. The van der Waals surface area contributed by atoms with E-state index in [4.69, 9.17) is 12.2 Å². The summed E-state index contributed by atoms with van der Waals surface area (Å²) in [7, 11) is 0. The number of pyridine rings is 2. The van der Waals surface area contributed by atoms with Gasteiger partial charge in [-0.1, -0.05) is 39.0 Å². The lowest BCUT2D eigenvalue weighted by atomic mass is 10.1. The first-order chi connectivity index (χ1) is 12.8. The second-order valence-electron chi connectivity index (χ2n) is 6.57. The zero-order valence-corrected chi connectivity index (χ0v) is 16.1. The van der Waals surface area contributed by atoms with Crippen LogP contribution in [-0.2, 0) is 0 Å². The van der Waals surface area contributed by atoms with Gasteiger partial charge < -0.3 is 10.6 Å². The van der Waals surface area contributed by atoms with E-state index in [1.54, 1.807) is 6.20 Å². The molecule has 4 nitrogen and oxygen atoms in total. The number of thiocarbonyl (C=S) groups is 1. The summed E-state index contributed by atoms with van der Waals surface area (Å²) in [4.78, 5) is 8.78. The minimum absolute atomic E-state index is 0.664. The van der Waals surface area contributed by atoms with Gasteiger partial charge >= 0.3 is 0 Å². The molecule has 3 rings (SSSR count). The average molecular weight is 367 g/mol. The third kappa shape index (κ3) is 4.67. The van der Waals surface area contributed by atoms with Crippen LogP contribution >= 0.6 is 12.2 Å². The number of aromatic nitrogens is 2. The van der Waals surface area contributed by atoms with E-state index in [2.05, 4.69) is 39.7 Å². The van der Waals surface area contributed by atoms with Crippen molar-refractivity contribution >= 4 is 44.7 Å². The van der Waals surface area contributed by atoms with Crippen LogP contribution in [0, 0.1) is 0 Å².